The Morgan fingerprint density at radius 1 is 1.56 bits per heavy atom. The normalized spacial score (nSPS) is 15.5. The van der Waals surface area contributed by atoms with E-state index < -0.39 is 0 Å². The summed E-state index contributed by atoms with van der Waals surface area (Å²) < 4.78 is 2.40. The largest absolute Gasteiger partial charge is 0.483 e. The molecule has 11 heteroatoms. The molecule has 3 aromatic rings. The number of aromatic nitrogens is 5. The monoisotopic (exact) mass is 390 g/mol. The van der Waals surface area contributed by atoms with Gasteiger partial charge in [-0.2, -0.15) is 5.10 Å². The Morgan fingerprint density at radius 2 is 2.33 bits per heavy atom. The van der Waals surface area contributed by atoms with Gasteiger partial charge in [-0.1, -0.05) is 0 Å². The van der Waals surface area contributed by atoms with Crippen molar-refractivity contribution in [3.05, 3.63) is 39.8 Å². The highest BCUT2D eigenvalue weighted by molar-refractivity contribution is 7.17. The maximum absolute atomic E-state index is 12.7. The molecule has 0 saturated carbocycles. The maximum atomic E-state index is 12.7. The van der Waals surface area contributed by atoms with Crippen molar-refractivity contribution in [2.45, 2.75) is 25.9 Å². The average Bonchev–Trinajstić information content (AvgIpc) is 3.30. The van der Waals surface area contributed by atoms with Crippen molar-refractivity contribution in [3.63, 3.8) is 0 Å². The van der Waals surface area contributed by atoms with Gasteiger partial charge in [0, 0.05) is 13.5 Å². The van der Waals surface area contributed by atoms with Gasteiger partial charge in [-0.3, -0.25) is 14.4 Å². The Labute approximate surface area is 157 Å². The van der Waals surface area contributed by atoms with Gasteiger partial charge in [-0.25, -0.2) is 14.6 Å². The van der Waals surface area contributed by atoms with E-state index in [0.717, 1.165) is 18.7 Å². The number of hydrogen-bond acceptors (Lipinski definition) is 7. The van der Waals surface area contributed by atoms with E-state index in [1.165, 1.54) is 17.7 Å². The highest BCUT2D eigenvalue weighted by Gasteiger charge is 2.28. The van der Waals surface area contributed by atoms with Crippen molar-refractivity contribution in [1.82, 2.24) is 29.6 Å². The molecule has 1 unspecified atom stereocenters. The molecule has 1 aliphatic heterocycles. The second-order valence-electron chi connectivity index (χ2n) is 6.04. The standard InChI is InChI=1S/C15H16N6O2S.CH2O2/c1-20(7-11-18-10-4-5-24-13(10)14(22)19-11)15(23)9-2-3-12-16-8-17-21(12)6-9;2-1-3/h4-5,8-9H,2-3,6-7H2,1H3,(H,18,19,22);1H,(H,2,3). The van der Waals surface area contributed by atoms with E-state index in [0.29, 0.717) is 22.6 Å². The first-order chi connectivity index (χ1) is 13.0. The Morgan fingerprint density at radius 3 is 3.11 bits per heavy atom. The van der Waals surface area contributed by atoms with Crippen LogP contribution in [-0.4, -0.2) is 54.2 Å². The van der Waals surface area contributed by atoms with Gasteiger partial charge in [0.15, 0.2) is 0 Å². The van der Waals surface area contributed by atoms with Crippen molar-refractivity contribution >= 4 is 33.9 Å². The molecule has 0 fully saturated rings. The van der Waals surface area contributed by atoms with Gasteiger partial charge in [0.05, 0.1) is 24.5 Å². The number of H-pyrrole nitrogens is 1. The summed E-state index contributed by atoms with van der Waals surface area (Å²) in [6.45, 7) is 0.576. The first-order valence-corrected chi connectivity index (χ1v) is 9.07. The quantitative estimate of drug-likeness (QED) is 0.622. The topological polar surface area (TPSA) is 134 Å². The van der Waals surface area contributed by atoms with Gasteiger partial charge in [-0.15, -0.1) is 11.3 Å². The molecule has 4 rings (SSSR count). The molecule has 2 N–H and O–H groups in total. The van der Waals surface area contributed by atoms with Crippen molar-refractivity contribution in [1.29, 1.82) is 0 Å². The van der Waals surface area contributed by atoms with E-state index in [1.807, 2.05) is 11.4 Å². The summed E-state index contributed by atoms with van der Waals surface area (Å²) >= 11 is 1.36. The average molecular weight is 390 g/mol. The number of nitrogens with zero attached hydrogens (tertiary/aromatic N) is 5. The minimum atomic E-state index is -0.250. The fourth-order valence-corrected chi connectivity index (χ4v) is 3.78. The van der Waals surface area contributed by atoms with E-state index in [1.54, 1.807) is 16.6 Å². The number of aromatic amines is 1. The maximum Gasteiger partial charge on any atom is 0.290 e. The number of nitrogens with one attached hydrogen (secondary N) is 1. The van der Waals surface area contributed by atoms with Crippen LogP contribution in [0.5, 0.6) is 0 Å². The van der Waals surface area contributed by atoms with Crippen molar-refractivity contribution in [3.8, 4) is 0 Å². The first kappa shape index (κ1) is 18.7. The molecule has 0 aromatic carbocycles. The number of carbonyl (C=O) groups excluding carboxylic acids is 1. The Hall–Kier alpha value is -3.08. The van der Waals surface area contributed by atoms with Gasteiger partial charge in [0.2, 0.25) is 5.91 Å². The number of amides is 1. The summed E-state index contributed by atoms with van der Waals surface area (Å²) in [5.74, 6) is 1.33. The first-order valence-electron chi connectivity index (χ1n) is 8.19. The van der Waals surface area contributed by atoms with Gasteiger partial charge < -0.3 is 15.0 Å². The molecule has 0 bridgehead atoms. The van der Waals surface area contributed by atoms with Crippen molar-refractivity contribution < 1.29 is 14.7 Å². The fraction of sp³-hybridized carbons (Fsp3) is 0.375. The second kappa shape index (κ2) is 8.08. The van der Waals surface area contributed by atoms with Crippen LogP contribution >= 0.6 is 11.3 Å². The molecule has 27 heavy (non-hydrogen) atoms. The molecule has 0 radical (unpaired) electrons. The van der Waals surface area contributed by atoms with Crippen LogP contribution in [0.4, 0.5) is 0 Å². The molecule has 0 saturated heterocycles. The van der Waals surface area contributed by atoms with E-state index >= 15 is 0 Å². The van der Waals surface area contributed by atoms with Gasteiger partial charge in [0.25, 0.3) is 12.0 Å². The minimum Gasteiger partial charge on any atom is -0.483 e. The molecule has 3 aromatic heterocycles. The van der Waals surface area contributed by atoms with E-state index in [9.17, 15) is 9.59 Å². The van der Waals surface area contributed by atoms with Crippen LogP contribution in [0.25, 0.3) is 10.2 Å². The third kappa shape index (κ3) is 4.03. The minimum absolute atomic E-state index is 0.0317. The van der Waals surface area contributed by atoms with Crippen molar-refractivity contribution in [2.24, 2.45) is 5.92 Å². The van der Waals surface area contributed by atoms with Crippen LogP contribution in [0.2, 0.25) is 0 Å². The van der Waals surface area contributed by atoms with Gasteiger partial charge in [0.1, 0.15) is 22.7 Å². The van der Waals surface area contributed by atoms with Crippen LogP contribution in [0.1, 0.15) is 18.1 Å². The zero-order chi connectivity index (χ0) is 19.4. The van der Waals surface area contributed by atoms with Crippen LogP contribution in [0.3, 0.4) is 0 Å². The lowest BCUT2D eigenvalue weighted by molar-refractivity contribution is -0.136. The lowest BCUT2D eigenvalue weighted by Gasteiger charge is -2.26. The van der Waals surface area contributed by atoms with Crippen LogP contribution in [0.15, 0.2) is 22.6 Å². The molecule has 0 spiro atoms. The molecule has 1 atom stereocenters. The van der Waals surface area contributed by atoms with E-state index in [2.05, 4.69) is 20.1 Å². The Bertz CT molecular complexity index is 1010. The molecule has 142 valence electrons. The summed E-state index contributed by atoms with van der Waals surface area (Å²) in [5, 5.41) is 12.9. The molecule has 4 heterocycles. The third-order valence-electron chi connectivity index (χ3n) is 4.28. The molecule has 1 amide bonds. The van der Waals surface area contributed by atoms with Crippen LogP contribution in [-0.2, 0) is 29.1 Å². The molecular weight excluding hydrogens is 372 g/mol. The summed E-state index contributed by atoms with van der Waals surface area (Å²) in [6.07, 6.45) is 3.03. The third-order valence-corrected chi connectivity index (χ3v) is 5.18. The number of hydrogen-bond donors (Lipinski definition) is 2. The fourth-order valence-electron chi connectivity index (χ4n) is 3.05. The smallest absolute Gasteiger partial charge is 0.290 e. The Balaban J connectivity index is 0.000000659. The lowest BCUT2D eigenvalue weighted by Crippen LogP contribution is -2.38. The molecule has 0 aliphatic carbocycles. The molecular formula is C16H18N6O4S. The molecule has 10 nitrogen and oxygen atoms in total. The predicted molar refractivity (Wildman–Crippen MR) is 97.2 cm³/mol. The van der Waals surface area contributed by atoms with Gasteiger partial charge in [-0.05, 0) is 17.9 Å². The number of carboxylic acid groups (broad SMARTS) is 1. The number of rotatable bonds is 3. The predicted octanol–water partition coefficient (Wildman–Crippen LogP) is 0.498. The Kier molecular flexibility index (Phi) is 5.60. The molecule has 1 aliphatic rings. The summed E-state index contributed by atoms with van der Waals surface area (Å²) in [4.78, 5) is 46.0. The zero-order valence-electron chi connectivity index (χ0n) is 14.5. The number of fused-ring (bicyclic) bond motifs is 2. The highest BCUT2D eigenvalue weighted by atomic mass is 32.1. The van der Waals surface area contributed by atoms with Crippen LogP contribution < -0.4 is 5.56 Å². The summed E-state index contributed by atoms with van der Waals surface area (Å²) in [5.41, 5.74) is 0.514. The zero-order valence-corrected chi connectivity index (χ0v) is 15.3. The number of aryl methyl sites for hydroxylation is 1. The summed E-state index contributed by atoms with van der Waals surface area (Å²) in [7, 11) is 1.73. The number of thiophene rings is 1. The highest BCUT2D eigenvalue weighted by Crippen LogP contribution is 2.20. The number of carbonyl (C=O) groups is 2. The van der Waals surface area contributed by atoms with Gasteiger partial charge >= 0.3 is 0 Å². The van der Waals surface area contributed by atoms with E-state index in [-0.39, 0.29) is 30.4 Å². The van der Waals surface area contributed by atoms with Crippen LogP contribution in [0, 0.1) is 5.92 Å². The second-order valence-corrected chi connectivity index (χ2v) is 6.96. The van der Waals surface area contributed by atoms with E-state index in [4.69, 9.17) is 9.90 Å². The van der Waals surface area contributed by atoms with Crippen molar-refractivity contribution in [2.75, 3.05) is 7.05 Å². The lowest BCUT2D eigenvalue weighted by atomic mass is 9.98. The SMILES string of the molecule is CN(Cc1nc2ccsc2c(=O)[nH]1)C(=O)C1CCc2ncnn2C1.O=CO. The summed E-state index contributed by atoms with van der Waals surface area (Å²) in [6, 6.07) is 1.81.